The third kappa shape index (κ3) is 6.92. The number of allylic oxidation sites excluding steroid dienone is 1. The smallest absolute Gasteiger partial charge is 0.0561 e. The predicted octanol–water partition coefficient (Wildman–Crippen LogP) is 3.37. The number of rotatable bonds is 2. The van der Waals surface area contributed by atoms with Gasteiger partial charge < -0.3 is 0 Å². The van der Waals surface area contributed by atoms with Gasteiger partial charge in [0.1, 0.15) is 0 Å². The first-order valence-corrected chi connectivity index (χ1v) is 6.72. The average molecular weight is 257 g/mol. The highest BCUT2D eigenvalue weighted by Crippen LogP contribution is 2.14. The van der Waals surface area contributed by atoms with Crippen LogP contribution in [-0.2, 0) is 0 Å². The third-order valence-electron chi connectivity index (χ3n) is 0.665. The molecule has 47 valence electrons. The lowest BCUT2D eigenvalue weighted by molar-refractivity contribution is 1.62. The third-order valence-corrected chi connectivity index (χ3v) is 2.33. The fourth-order valence-corrected chi connectivity index (χ4v) is 1.82. The summed E-state index contributed by atoms with van der Waals surface area (Å²) in [5.41, 5.74) is 0. The van der Waals surface area contributed by atoms with E-state index in [0.29, 0.717) is 0 Å². The number of hydrogen-bond donors (Lipinski definition) is 0. The second-order valence-electron chi connectivity index (χ2n) is 1.91. The summed E-state index contributed by atoms with van der Waals surface area (Å²) in [6.07, 6.45) is 2.16. The maximum absolute atomic E-state index is 3.30. The first kappa shape index (κ1) is 8.92. The molecule has 0 N–H and O–H groups in total. The van der Waals surface area contributed by atoms with E-state index in [1.807, 2.05) is 0 Å². The first-order chi connectivity index (χ1) is 3.63. The molecule has 0 amide bonds. The van der Waals surface area contributed by atoms with Crippen molar-refractivity contribution in [3.63, 3.8) is 0 Å². The Bertz CT molecular complexity index is 84.4. The highest BCUT2D eigenvalue weighted by molar-refractivity contribution is 9.28. The molecule has 0 spiro atoms. The lowest BCUT2D eigenvalue weighted by Gasteiger charge is -1.92. The second-order valence-corrected chi connectivity index (χ2v) is 7.50. The minimum Gasteiger partial charge on any atom is -0.0710 e. The number of halogens is 2. The maximum Gasteiger partial charge on any atom is 0.0561 e. The molecule has 0 aromatic heterocycles. The second kappa shape index (κ2) is 4.76. The van der Waals surface area contributed by atoms with E-state index in [-0.39, 0.29) is 8.80 Å². The predicted molar refractivity (Wildman–Crippen MR) is 48.2 cm³/mol. The van der Waals surface area contributed by atoms with Gasteiger partial charge in [-0.3, -0.25) is 0 Å². The summed E-state index contributed by atoms with van der Waals surface area (Å²) in [4.78, 5) is 0. The van der Waals surface area contributed by atoms with Crippen LogP contribution in [0.15, 0.2) is 9.47 Å². The molecule has 0 nitrogen and oxygen atoms in total. The zero-order valence-electron chi connectivity index (χ0n) is 5.04. The molecule has 0 atom stereocenters. The van der Waals surface area contributed by atoms with Crippen molar-refractivity contribution in [3.8, 4) is 0 Å². The van der Waals surface area contributed by atoms with Crippen molar-refractivity contribution < 1.29 is 0 Å². The van der Waals surface area contributed by atoms with Crippen molar-refractivity contribution >= 4 is 40.7 Å². The van der Waals surface area contributed by atoms with Crippen molar-refractivity contribution in [3.05, 3.63) is 9.47 Å². The molecular weight excluding hydrogens is 248 g/mol. The molecule has 0 aromatic rings. The summed E-state index contributed by atoms with van der Waals surface area (Å²) in [5, 5.41) is 0. The Labute approximate surface area is 69.2 Å². The van der Waals surface area contributed by atoms with Crippen molar-refractivity contribution in [2.24, 2.45) is 0 Å². The molecule has 0 unspecified atom stereocenters. The van der Waals surface area contributed by atoms with Gasteiger partial charge in [-0.1, -0.05) is 19.2 Å². The quantitative estimate of drug-likeness (QED) is 0.665. The minimum absolute atomic E-state index is 0.0662. The molecule has 0 aliphatic heterocycles. The van der Waals surface area contributed by atoms with E-state index in [1.165, 1.54) is 6.04 Å². The Morgan fingerprint density at radius 3 is 2.12 bits per heavy atom. The Kier molecular flexibility index (Phi) is 5.31. The van der Waals surface area contributed by atoms with Crippen molar-refractivity contribution in [2.75, 3.05) is 0 Å². The van der Waals surface area contributed by atoms with E-state index in [9.17, 15) is 0 Å². The van der Waals surface area contributed by atoms with Crippen LogP contribution in [0.2, 0.25) is 19.1 Å². The van der Waals surface area contributed by atoms with Crippen LogP contribution in [0.5, 0.6) is 0 Å². The molecule has 0 aliphatic carbocycles. The van der Waals surface area contributed by atoms with Crippen LogP contribution in [0.25, 0.3) is 0 Å². The maximum atomic E-state index is 3.30. The molecule has 0 rings (SSSR count). The minimum atomic E-state index is -0.0662. The van der Waals surface area contributed by atoms with Gasteiger partial charge in [0.15, 0.2) is 0 Å². The standard InChI is InChI=1S/C5H9Br2Si/c1-8(2)4-3-5(6)7/h3H,4H2,1-2H3. The van der Waals surface area contributed by atoms with Gasteiger partial charge >= 0.3 is 0 Å². The van der Waals surface area contributed by atoms with Gasteiger partial charge in [0, 0.05) is 8.80 Å². The Morgan fingerprint density at radius 2 is 2.00 bits per heavy atom. The Hall–Kier alpha value is 0.917. The molecule has 8 heavy (non-hydrogen) atoms. The molecule has 0 saturated carbocycles. The lowest BCUT2D eigenvalue weighted by atomic mass is 10.8. The van der Waals surface area contributed by atoms with Gasteiger partial charge in [-0.05, 0) is 37.9 Å². The summed E-state index contributed by atoms with van der Waals surface area (Å²) in [6.45, 7) is 4.59. The van der Waals surface area contributed by atoms with Crippen LogP contribution in [0.3, 0.4) is 0 Å². The molecule has 0 aliphatic rings. The van der Waals surface area contributed by atoms with Gasteiger partial charge in [0.05, 0.1) is 3.39 Å². The summed E-state index contributed by atoms with van der Waals surface area (Å²) >= 11 is 6.59. The molecule has 0 bridgehead atoms. The molecule has 3 heteroatoms. The molecular formula is C5H9Br2Si. The largest absolute Gasteiger partial charge is 0.0710 e. The fourth-order valence-electron chi connectivity index (χ4n) is 0.281. The summed E-state index contributed by atoms with van der Waals surface area (Å²) in [6, 6.07) is 1.23. The van der Waals surface area contributed by atoms with Crippen LogP contribution in [0, 0.1) is 0 Å². The summed E-state index contributed by atoms with van der Waals surface area (Å²) in [5.74, 6) is 0. The van der Waals surface area contributed by atoms with Gasteiger partial charge in [-0.25, -0.2) is 0 Å². The molecule has 0 fully saturated rings. The van der Waals surface area contributed by atoms with Crippen molar-refractivity contribution in [2.45, 2.75) is 19.1 Å². The van der Waals surface area contributed by atoms with Crippen LogP contribution >= 0.6 is 31.9 Å². The molecule has 1 radical (unpaired) electrons. The highest BCUT2D eigenvalue weighted by atomic mass is 79.9. The van der Waals surface area contributed by atoms with Crippen LogP contribution in [0.4, 0.5) is 0 Å². The van der Waals surface area contributed by atoms with E-state index in [2.05, 4.69) is 51.0 Å². The Balaban J connectivity index is 3.29. The van der Waals surface area contributed by atoms with Crippen LogP contribution < -0.4 is 0 Å². The van der Waals surface area contributed by atoms with Crippen molar-refractivity contribution in [1.82, 2.24) is 0 Å². The van der Waals surface area contributed by atoms with Gasteiger partial charge in [-0.2, -0.15) is 0 Å². The van der Waals surface area contributed by atoms with Crippen molar-refractivity contribution in [1.29, 1.82) is 0 Å². The van der Waals surface area contributed by atoms with E-state index in [0.717, 1.165) is 3.39 Å². The average Bonchev–Trinajstić information content (AvgIpc) is 1.61. The van der Waals surface area contributed by atoms with Gasteiger partial charge in [-0.15, -0.1) is 0 Å². The summed E-state index contributed by atoms with van der Waals surface area (Å²) in [7, 11) is -0.0662. The van der Waals surface area contributed by atoms with E-state index in [1.54, 1.807) is 0 Å². The number of hydrogen-bond acceptors (Lipinski definition) is 0. The van der Waals surface area contributed by atoms with Crippen LogP contribution in [-0.4, -0.2) is 8.80 Å². The van der Waals surface area contributed by atoms with Gasteiger partial charge in [0.2, 0.25) is 0 Å². The topological polar surface area (TPSA) is 0 Å². The Morgan fingerprint density at radius 1 is 1.50 bits per heavy atom. The highest BCUT2D eigenvalue weighted by Gasteiger charge is 1.90. The van der Waals surface area contributed by atoms with E-state index >= 15 is 0 Å². The lowest BCUT2D eigenvalue weighted by Crippen LogP contribution is -1.94. The van der Waals surface area contributed by atoms with E-state index < -0.39 is 0 Å². The monoisotopic (exact) mass is 255 g/mol. The van der Waals surface area contributed by atoms with E-state index in [4.69, 9.17) is 0 Å². The zero-order chi connectivity index (χ0) is 6.57. The fraction of sp³-hybridized carbons (Fsp3) is 0.600. The van der Waals surface area contributed by atoms with Crippen LogP contribution in [0.1, 0.15) is 0 Å². The first-order valence-electron chi connectivity index (χ1n) is 2.43. The molecule has 0 aromatic carbocycles. The molecule has 0 saturated heterocycles. The molecule has 0 heterocycles. The summed E-state index contributed by atoms with van der Waals surface area (Å²) < 4.78 is 1.08. The zero-order valence-corrected chi connectivity index (χ0v) is 9.21. The normalized spacial score (nSPS) is 9.62. The van der Waals surface area contributed by atoms with Gasteiger partial charge in [0.25, 0.3) is 0 Å². The SMILES string of the molecule is C[Si](C)CC=C(Br)Br.